The molecule has 9 heteroatoms. The third-order valence-corrected chi connectivity index (χ3v) is 4.43. The summed E-state index contributed by atoms with van der Waals surface area (Å²) in [5.41, 5.74) is 0.188. The first kappa shape index (κ1) is 20.4. The number of hydrogen-bond acceptors (Lipinski definition) is 3. The van der Waals surface area contributed by atoms with Gasteiger partial charge in [-0.05, 0) is 36.4 Å². The summed E-state index contributed by atoms with van der Waals surface area (Å²) in [7, 11) is 0. The number of hydrogen-bond donors (Lipinski definition) is 2. The van der Waals surface area contributed by atoms with Crippen LogP contribution in [-0.2, 0) is 20.6 Å². The molecule has 0 saturated carbocycles. The van der Waals surface area contributed by atoms with Crippen molar-refractivity contribution < 1.29 is 27.6 Å². The van der Waals surface area contributed by atoms with Crippen molar-refractivity contribution in [2.45, 2.75) is 19.5 Å². The highest BCUT2D eigenvalue weighted by Crippen LogP contribution is 2.33. The molecule has 152 valence electrons. The lowest BCUT2D eigenvalue weighted by molar-refractivity contribution is -0.137. The Hall–Kier alpha value is -3.36. The van der Waals surface area contributed by atoms with Gasteiger partial charge in [-0.2, -0.15) is 13.2 Å². The largest absolute Gasteiger partial charge is 0.416 e. The van der Waals surface area contributed by atoms with Crippen molar-refractivity contribution in [2.75, 3.05) is 22.1 Å². The Bertz CT molecular complexity index is 959. The number of benzene rings is 2. The Morgan fingerprint density at radius 3 is 2.34 bits per heavy atom. The fourth-order valence-corrected chi connectivity index (χ4v) is 3.11. The minimum atomic E-state index is -4.52. The molecule has 2 N–H and O–H groups in total. The number of nitrogens with zero attached hydrogens (tertiary/aromatic N) is 1. The molecule has 1 aliphatic heterocycles. The van der Waals surface area contributed by atoms with Crippen LogP contribution in [0.2, 0.25) is 0 Å². The first-order chi connectivity index (χ1) is 13.6. The van der Waals surface area contributed by atoms with E-state index in [9.17, 15) is 27.6 Å². The molecule has 1 heterocycles. The SMILES string of the molecule is CC(=O)Nc1cccc(NC(=O)[C@@H]2CC(=O)N(c3cccc(C(F)(F)F)c3)C2)c1. The first-order valence-corrected chi connectivity index (χ1v) is 8.79. The zero-order valence-electron chi connectivity index (χ0n) is 15.4. The number of nitrogens with one attached hydrogen (secondary N) is 2. The van der Waals surface area contributed by atoms with Crippen molar-refractivity contribution in [3.05, 3.63) is 54.1 Å². The summed E-state index contributed by atoms with van der Waals surface area (Å²) in [6.45, 7) is 1.34. The summed E-state index contributed by atoms with van der Waals surface area (Å²) in [6, 6.07) is 11.0. The van der Waals surface area contributed by atoms with Gasteiger partial charge in [-0.15, -0.1) is 0 Å². The summed E-state index contributed by atoms with van der Waals surface area (Å²) in [5.74, 6) is -1.81. The molecule has 3 rings (SSSR count). The summed E-state index contributed by atoms with van der Waals surface area (Å²) >= 11 is 0. The van der Waals surface area contributed by atoms with Crippen LogP contribution in [0, 0.1) is 5.92 Å². The molecular weight excluding hydrogens is 387 g/mol. The third kappa shape index (κ3) is 4.92. The zero-order chi connectivity index (χ0) is 21.2. The Kier molecular flexibility index (Phi) is 5.58. The number of anilines is 3. The van der Waals surface area contributed by atoms with Crippen LogP contribution in [0.5, 0.6) is 0 Å². The lowest BCUT2D eigenvalue weighted by atomic mass is 10.1. The lowest BCUT2D eigenvalue weighted by Gasteiger charge is -2.18. The van der Waals surface area contributed by atoms with Crippen LogP contribution in [0.4, 0.5) is 30.2 Å². The van der Waals surface area contributed by atoms with Crippen LogP contribution in [0.3, 0.4) is 0 Å². The van der Waals surface area contributed by atoms with Gasteiger partial charge in [0.1, 0.15) is 0 Å². The summed E-state index contributed by atoms with van der Waals surface area (Å²) < 4.78 is 38.8. The van der Waals surface area contributed by atoms with Crippen molar-refractivity contribution in [1.82, 2.24) is 0 Å². The summed E-state index contributed by atoms with van der Waals surface area (Å²) in [4.78, 5) is 37.2. The Morgan fingerprint density at radius 2 is 1.69 bits per heavy atom. The van der Waals surface area contributed by atoms with Crippen molar-refractivity contribution in [1.29, 1.82) is 0 Å². The minimum absolute atomic E-state index is 0.0165. The van der Waals surface area contributed by atoms with Crippen LogP contribution < -0.4 is 15.5 Å². The topological polar surface area (TPSA) is 78.5 Å². The molecule has 0 radical (unpaired) electrons. The van der Waals surface area contributed by atoms with Crippen molar-refractivity contribution in [3.8, 4) is 0 Å². The Balaban J connectivity index is 1.70. The number of alkyl halides is 3. The summed E-state index contributed by atoms with van der Waals surface area (Å²) in [5, 5.41) is 5.27. The lowest BCUT2D eigenvalue weighted by Crippen LogP contribution is -2.28. The third-order valence-electron chi connectivity index (χ3n) is 4.43. The van der Waals surface area contributed by atoms with E-state index in [1.54, 1.807) is 24.3 Å². The number of carbonyl (C=O) groups excluding carboxylic acids is 3. The van der Waals surface area contributed by atoms with Gasteiger partial charge >= 0.3 is 6.18 Å². The molecule has 0 spiro atoms. The number of rotatable bonds is 4. The molecule has 2 aromatic rings. The Labute approximate surface area is 164 Å². The normalized spacial score (nSPS) is 16.6. The van der Waals surface area contributed by atoms with E-state index < -0.39 is 29.5 Å². The van der Waals surface area contributed by atoms with Crippen LogP contribution in [-0.4, -0.2) is 24.3 Å². The Morgan fingerprint density at radius 1 is 1.03 bits per heavy atom. The van der Waals surface area contributed by atoms with Gasteiger partial charge in [-0.3, -0.25) is 14.4 Å². The number of carbonyl (C=O) groups is 3. The molecule has 0 bridgehead atoms. The van der Waals surface area contributed by atoms with E-state index in [0.29, 0.717) is 11.4 Å². The maximum atomic E-state index is 12.9. The van der Waals surface area contributed by atoms with E-state index in [1.165, 1.54) is 24.0 Å². The molecule has 2 aromatic carbocycles. The van der Waals surface area contributed by atoms with Gasteiger partial charge in [-0.25, -0.2) is 0 Å². The smallest absolute Gasteiger partial charge is 0.326 e. The number of amides is 3. The number of halogens is 3. The fourth-order valence-electron chi connectivity index (χ4n) is 3.11. The molecule has 0 aromatic heterocycles. The monoisotopic (exact) mass is 405 g/mol. The molecule has 0 unspecified atom stereocenters. The van der Waals surface area contributed by atoms with E-state index in [-0.39, 0.29) is 24.6 Å². The van der Waals surface area contributed by atoms with Crippen LogP contribution in [0.15, 0.2) is 48.5 Å². The second-order valence-corrected chi connectivity index (χ2v) is 6.70. The molecule has 1 fully saturated rings. The molecule has 1 atom stereocenters. The minimum Gasteiger partial charge on any atom is -0.326 e. The van der Waals surface area contributed by atoms with Gasteiger partial charge in [0.15, 0.2) is 0 Å². The van der Waals surface area contributed by atoms with Gasteiger partial charge in [-0.1, -0.05) is 12.1 Å². The first-order valence-electron chi connectivity index (χ1n) is 8.79. The van der Waals surface area contributed by atoms with Gasteiger partial charge in [0.25, 0.3) is 0 Å². The highest BCUT2D eigenvalue weighted by Gasteiger charge is 2.37. The van der Waals surface area contributed by atoms with Gasteiger partial charge in [0, 0.05) is 37.0 Å². The van der Waals surface area contributed by atoms with Crippen molar-refractivity contribution in [2.24, 2.45) is 5.92 Å². The van der Waals surface area contributed by atoms with E-state index in [1.807, 2.05) is 0 Å². The molecule has 29 heavy (non-hydrogen) atoms. The highest BCUT2D eigenvalue weighted by molar-refractivity contribution is 6.03. The van der Waals surface area contributed by atoms with Gasteiger partial charge in [0.05, 0.1) is 11.5 Å². The van der Waals surface area contributed by atoms with Crippen LogP contribution in [0.25, 0.3) is 0 Å². The molecule has 1 aliphatic rings. The molecular formula is C20H18F3N3O3. The van der Waals surface area contributed by atoms with Crippen LogP contribution >= 0.6 is 0 Å². The van der Waals surface area contributed by atoms with Crippen molar-refractivity contribution >= 4 is 34.8 Å². The van der Waals surface area contributed by atoms with Crippen molar-refractivity contribution in [3.63, 3.8) is 0 Å². The maximum Gasteiger partial charge on any atom is 0.416 e. The highest BCUT2D eigenvalue weighted by atomic mass is 19.4. The second-order valence-electron chi connectivity index (χ2n) is 6.70. The zero-order valence-corrected chi connectivity index (χ0v) is 15.4. The van der Waals surface area contributed by atoms with E-state index >= 15 is 0 Å². The van der Waals surface area contributed by atoms with Gasteiger partial charge in [0.2, 0.25) is 17.7 Å². The quantitative estimate of drug-likeness (QED) is 0.815. The van der Waals surface area contributed by atoms with E-state index in [2.05, 4.69) is 10.6 Å². The van der Waals surface area contributed by atoms with Crippen LogP contribution in [0.1, 0.15) is 18.9 Å². The van der Waals surface area contributed by atoms with E-state index in [0.717, 1.165) is 12.1 Å². The average molecular weight is 405 g/mol. The average Bonchev–Trinajstić information content (AvgIpc) is 3.03. The van der Waals surface area contributed by atoms with E-state index in [4.69, 9.17) is 0 Å². The second kappa shape index (κ2) is 7.94. The predicted octanol–water partition coefficient (Wildman–Crippen LogP) is 3.66. The predicted molar refractivity (Wildman–Crippen MR) is 101 cm³/mol. The molecule has 6 nitrogen and oxygen atoms in total. The molecule has 0 aliphatic carbocycles. The van der Waals surface area contributed by atoms with Gasteiger partial charge < -0.3 is 15.5 Å². The maximum absolute atomic E-state index is 12.9. The standard InChI is InChI=1S/C20H18F3N3O3/c1-12(27)24-15-5-3-6-16(10-15)25-19(29)13-8-18(28)26(11-13)17-7-2-4-14(9-17)20(21,22)23/h2-7,9-10,13H,8,11H2,1H3,(H,24,27)(H,25,29)/t13-/m1/s1. The fraction of sp³-hybridized carbons (Fsp3) is 0.250. The summed E-state index contributed by atoms with van der Waals surface area (Å²) in [6.07, 6.45) is -4.62. The molecule has 3 amide bonds. The molecule has 1 saturated heterocycles.